The summed E-state index contributed by atoms with van der Waals surface area (Å²) >= 11 is 0. The number of anilines is 1. The second kappa shape index (κ2) is 6.18. The SMILES string of the molecule is NC(=O)CC1CCN(CC(=O)Nc2ccccc2)C1=O. The van der Waals surface area contributed by atoms with Crippen molar-refractivity contribution < 1.29 is 14.4 Å². The van der Waals surface area contributed by atoms with Gasteiger partial charge in [0.1, 0.15) is 0 Å². The van der Waals surface area contributed by atoms with Crippen LogP contribution in [0.25, 0.3) is 0 Å². The average Bonchev–Trinajstić information content (AvgIpc) is 2.72. The van der Waals surface area contributed by atoms with Crippen molar-refractivity contribution in [2.45, 2.75) is 12.8 Å². The lowest BCUT2D eigenvalue weighted by Crippen LogP contribution is -2.36. The van der Waals surface area contributed by atoms with Gasteiger partial charge in [0.05, 0.1) is 6.54 Å². The largest absolute Gasteiger partial charge is 0.370 e. The summed E-state index contributed by atoms with van der Waals surface area (Å²) < 4.78 is 0. The number of nitrogens with zero attached hydrogens (tertiary/aromatic N) is 1. The van der Waals surface area contributed by atoms with E-state index in [4.69, 9.17) is 5.73 Å². The molecule has 0 bridgehead atoms. The molecule has 0 radical (unpaired) electrons. The van der Waals surface area contributed by atoms with Gasteiger partial charge in [-0.2, -0.15) is 0 Å². The van der Waals surface area contributed by atoms with Gasteiger partial charge < -0.3 is 16.0 Å². The third kappa shape index (κ3) is 3.57. The molecule has 0 spiro atoms. The van der Waals surface area contributed by atoms with Crippen LogP contribution in [-0.4, -0.2) is 35.7 Å². The molecule has 1 saturated heterocycles. The van der Waals surface area contributed by atoms with Crippen molar-refractivity contribution in [3.05, 3.63) is 30.3 Å². The van der Waals surface area contributed by atoms with Crippen molar-refractivity contribution in [1.82, 2.24) is 4.90 Å². The normalized spacial score (nSPS) is 18.1. The Kier molecular flexibility index (Phi) is 4.34. The summed E-state index contributed by atoms with van der Waals surface area (Å²) in [4.78, 5) is 36.1. The minimum Gasteiger partial charge on any atom is -0.370 e. The van der Waals surface area contributed by atoms with Crippen molar-refractivity contribution >= 4 is 23.4 Å². The third-order valence-electron chi connectivity index (χ3n) is 3.25. The zero-order chi connectivity index (χ0) is 14.5. The highest BCUT2D eigenvalue weighted by atomic mass is 16.2. The number of rotatable bonds is 5. The second-order valence-electron chi connectivity index (χ2n) is 4.83. The summed E-state index contributed by atoms with van der Waals surface area (Å²) in [6.45, 7) is 0.488. The molecule has 0 aromatic heterocycles. The molecule has 1 unspecified atom stereocenters. The topological polar surface area (TPSA) is 92.5 Å². The van der Waals surface area contributed by atoms with E-state index in [0.29, 0.717) is 18.7 Å². The Morgan fingerprint density at radius 3 is 2.65 bits per heavy atom. The highest BCUT2D eigenvalue weighted by Gasteiger charge is 2.33. The first kappa shape index (κ1) is 14.0. The molecule has 0 saturated carbocycles. The van der Waals surface area contributed by atoms with E-state index in [0.717, 1.165) is 0 Å². The third-order valence-corrected chi connectivity index (χ3v) is 3.25. The van der Waals surface area contributed by atoms with E-state index in [1.807, 2.05) is 18.2 Å². The molecule has 3 amide bonds. The molecule has 1 heterocycles. The predicted molar refractivity (Wildman–Crippen MR) is 73.6 cm³/mol. The molecule has 1 aromatic carbocycles. The Morgan fingerprint density at radius 1 is 1.30 bits per heavy atom. The van der Waals surface area contributed by atoms with Crippen LogP contribution in [0.4, 0.5) is 5.69 Å². The fourth-order valence-corrected chi connectivity index (χ4v) is 2.29. The summed E-state index contributed by atoms with van der Waals surface area (Å²) in [7, 11) is 0. The Bertz CT molecular complexity index is 516. The first-order valence-corrected chi connectivity index (χ1v) is 6.48. The maximum absolute atomic E-state index is 12.0. The molecule has 6 heteroatoms. The molecule has 6 nitrogen and oxygen atoms in total. The van der Waals surface area contributed by atoms with E-state index >= 15 is 0 Å². The summed E-state index contributed by atoms with van der Waals surface area (Å²) in [6, 6.07) is 9.05. The molecule has 1 aliphatic rings. The molecular formula is C14H17N3O3. The van der Waals surface area contributed by atoms with Gasteiger partial charge in [-0.1, -0.05) is 18.2 Å². The number of nitrogens with one attached hydrogen (secondary N) is 1. The number of primary amides is 1. The minimum atomic E-state index is -0.487. The monoisotopic (exact) mass is 275 g/mol. The first-order chi connectivity index (χ1) is 9.56. The van der Waals surface area contributed by atoms with Crippen molar-refractivity contribution in [3.8, 4) is 0 Å². The highest BCUT2D eigenvalue weighted by Crippen LogP contribution is 2.20. The summed E-state index contributed by atoms with van der Waals surface area (Å²) in [5.41, 5.74) is 5.79. The lowest BCUT2D eigenvalue weighted by Gasteiger charge is -2.16. The number of carbonyl (C=O) groups is 3. The number of hydrogen-bond acceptors (Lipinski definition) is 3. The lowest BCUT2D eigenvalue weighted by atomic mass is 10.0. The summed E-state index contributed by atoms with van der Waals surface area (Å²) in [6.07, 6.45) is 0.621. The van der Waals surface area contributed by atoms with Gasteiger partial charge in [0.25, 0.3) is 0 Å². The van der Waals surface area contributed by atoms with E-state index in [2.05, 4.69) is 5.32 Å². The molecule has 0 aliphatic carbocycles. The number of likely N-dealkylation sites (tertiary alicyclic amines) is 1. The Hall–Kier alpha value is -2.37. The fraction of sp³-hybridized carbons (Fsp3) is 0.357. The number of nitrogens with two attached hydrogens (primary N) is 1. The van der Waals surface area contributed by atoms with Crippen LogP contribution >= 0.6 is 0 Å². The van der Waals surface area contributed by atoms with Crippen LogP contribution in [0, 0.1) is 5.92 Å². The molecule has 3 N–H and O–H groups in total. The minimum absolute atomic E-state index is 0.00297. The molecule has 20 heavy (non-hydrogen) atoms. The van der Waals surface area contributed by atoms with Crippen LogP contribution < -0.4 is 11.1 Å². The van der Waals surface area contributed by atoms with Crippen molar-refractivity contribution in [2.24, 2.45) is 11.7 Å². The standard InChI is InChI=1S/C14H17N3O3/c15-12(18)8-10-6-7-17(14(10)20)9-13(19)16-11-4-2-1-3-5-11/h1-5,10H,6-9H2,(H2,15,18)(H,16,19). The van der Waals surface area contributed by atoms with Crippen LogP contribution in [0.2, 0.25) is 0 Å². The van der Waals surface area contributed by atoms with Gasteiger partial charge in [-0.15, -0.1) is 0 Å². The molecule has 1 fully saturated rings. The molecule has 1 aromatic rings. The number of benzene rings is 1. The van der Waals surface area contributed by atoms with E-state index in [9.17, 15) is 14.4 Å². The Morgan fingerprint density at radius 2 is 2.00 bits per heavy atom. The molecular weight excluding hydrogens is 258 g/mol. The number of para-hydroxylation sites is 1. The Balaban J connectivity index is 1.86. The number of amides is 3. The van der Waals surface area contributed by atoms with Gasteiger partial charge >= 0.3 is 0 Å². The van der Waals surface area contributed by atoms with Crippen molar-refractivity contribution in [3.63, 3.8) is 0 Å². The highest BCUT2D eigenvalue weighted by molar-refractivity contribution is 5.95. The van der Waals surface area contributed by atoms with E-state index in [1.54, 1.807) is 12.1 Å². The van der Waals surface area contributed by atoms with E-state index in [1.165, 1.54) is 4.90 Å². The number of carbonyl (C=O) groups excluding carboxylic acids is 3. The van der Waals surface area contributed by atoms with Crippen molar-refractivity contribution in [1.29, 1.82) is 0 Å². The maximum atomic E-state index is 12.0. The quantitative estimate of drug-likeness (QED) is 0.812. The summed E-state index contributed by atoms with van der Waals surface area (Å²) in [5.74, 6) is -1.28. The van der Waals surface area contributed by atoms with Gasteiger partial charge in [-0.3, -0.25) is 14.4 Å². The smallest absolute Gasteiger partial charge is 0.243 e. The van der Waals surface area contributed by atoms with Gasteiger partial charge in [0, 0.05) is 24.6 Å². The second-order valence-corrected chi connectivity index (χ2v) is 4.83. The van der Waals surface area contributed by atoms with Gasteiger partial charge in [0.2, 0.25) is 17.7 Å². The molecule has 2 rings (SSSR count). The predicted octanol–water partition coefficient (Wildman–Crippen LogP) is 0.349. The Labute approximate surface area is 116 Å². The van der Waals surface area contributed by atoms with E-state index in [-0.39, 0.29) is 30.7 Å². The van der Waals surface area contributed by atoms with Gasteiger partial charge in [0.15, 0.2) is 0 Å². The van der Waals surface area contributed by atoms with Crippen LogP contribution in [-0.2, 0) is 14.4 Å². The zero-order valence-corrected chi connectivity index (χ0v) is 11.0. The molecule has 1 aliphatic heterocycles. The average molecular weight is 275 g/mol. The maximum Gasteiger partial charge on any atom is 0.243 e. The lowest BCUT2D eigenvalue weighted by molar-refractivity contribution is -0.135. The van der Waals surface area contributed by atoms with Crippen LogP contribution in [0.5, 0.6) is 0 Å². The first-order valence-electron chi connectivity index (χ1n) is 6.48. The van der Waals surface area contributed by atoms with E-state index < -0.39 is 5.91 Å². The van der Waals surface area contributed by atoms with Crippen LogP contribution in [0.1, 0.15) is 12.8 Å². The van der Waals surface area contributed by atoms with Crippen LogP contribution in [0.3, 0.4) is 0 Å². The number of hydrogen-bond donors (Lipinski definition) is 2. The zero-order valence-electron chi connectivity index (χ0n) is 11.0. The van der Waals surface area contributed by atoms with Gasteiger partial charge in [-0.05, 0) is 18.6 Å². The van der Waals surface area contributed by atoms with Gasteiger partial charge in [-0.25, -0.2) is 0 Å². The molecule has 1 atom stereocenters. The van der Waals surface area contributed by atoms with Crippen LogP contribution in [0.15, 0.2) is 30.3 Å². The summed E-state index contributed by atoms with van der Waals surface area (Å²) in [5, 5.41) is 2.72. The fourth-order valence-electron chi connectivity index (χ4n) is 2.29. The molecule has 106 valence electrons. The van der Waals surface area contributed by atoms with Crippen molar-refractivity contribution in [2.75, 3.05) is 18.4 Å².